The minimum absolute atomic E-state index is 0.130. The predicted octanol–water partition coefficient (Wildman–Crippen LogP) is 4.03. The first-order chi connectivity index (χ1) is 13.3. The molecule has 0 radical (unpaired) electrons. The quantitative estimate of drug-likeness (QED) is 0.634. The zero-order chi connectivity index (χ0) is 20.3. The van der Waals surface area contributed by atoms with Gasteiger partial charge in [-0.05, 0) is 37.3 Å². The van der Waals surface area contributed by atoms with Gasteiger partial charge in [0.05, 0.1) is 17.0 Å². The minimum Gasteiger partial charge on any atom is -0.297 e. The molecular formula is C18H13F3N4O3. The van der Waals surface area contributed by atoms with Crippen LogP contribution in [0.1, 0.15) is 12.5 Å². The fourth-order valence-corrected chi connectivity index (χ4v) is 2.35. The SMILES string of the molecule is CC1=NN(c2ccccc2)C(=O)/C1=N\OC(=O)Nc1cccc(C(F)(F)F)c1. The summed E-state index contributed by atoms with van der Waals surface area (Å²) >= 11 is 0. The number of carbonyl (C=O) groups excluding carboxylic acids is 2. The lowest BCUT2D eigenvalue weighted by molar-refractivity contribution is -0.137. The van der Waals surface area contributed by atoms with Crippen LogP contribution >= 0.6 is 0 Å². The molecule has 0 fully saturated rings. The van der Waals surface area contributed by atoms with E-state index in [2.05, 4.69) is 20.4 Å². The average Bonchev–Trinajstić information content (AvgIpc) is 2.94. The maximum atomic E-state index is 12.7. The van der Waals surface area contributed by atoms with Gasteiger partial charge in [0, 0.05) is 5.69 Å². The van der Waals surface area contributed by atoms with Gasteiger partial charge in [0.15, 0.2) is 5.71 Å². The summed E-state index contributed by atoms with van der Waals surface area (Å²) in [5.41, 5.74) is -0.521. The zero-order valence-corrected chi connectivity index (χ0v) is 14.4. The van der Waals surface area contributed by atoms with Crippen molar-refractivity contribution in [3.05, 3.63) is 60.2 Å². The Balaban J connectivity index is 1.68. The van der Waals surface area contributed by atoms with Crippen LogP contribution in [0.15, 0.2) is 64.9 Å². The van der Waals surface area contributed by atoms with Gasteiger partial charge in [-0.2, -0.15) is 23.3 Å². The lowest BCUT2D eigenvalue weighted by Gasteiger charge is -2.10. The Morgan fingerprint density at radius 1 is 1.14 bits per heavy atom. The molecule has 0 unspecified atom stereocenters. The molecular weight excluding hydrogens is 377 g/mol. The van der Waals surface area contributed by atoms with Crippen molar-refractivity contribution in [2.75, 3.05) is 10.3 Å². The Hall–Kier alpha value is -3.69. The van der Waals surface area contributed by atoms with Crippen molar-refractivity contribution in [2.45, 2.75) is 13.1 Å². The molecule has 0 spiro atoms. The van der Waals surface area contributed by atoms with Crippen molar-refractivity contribution in [3.8, 4) is 0 Å². The molecule has 10 heteroatoms. The van der Waals surface area contributed by atoms with Crippen LogP contribution in [0, 0.1) is 0 Å². The third-order valence-electron chi connectivity index (χ3n) is 3.64. The van der Waals surface area contributed by atoms with E-state index in [1.807, 2.05) is 0 Å². The molecule has 2 aromatic carbocycles. The molecule has 144 valence electrons. The summed E-state index contributed by atoms with van der Waals surface area (Å²) in [5, 5.41) is 10.8. The van der Waals surface area contributed by atoms with E-state index < -0.39 is 23.7 Å². The molecule has 0 aromatic heterocycles. The number of alkyl halides is 3. The van der Waals surface area contributed by atoms with E-state index in [9.17, 15) is 22.8 Å². The lowest BCUT2D eigenvalue weighted by Crippen LogP contribution is -2.28. The van der Waals surface area contributed by atoms with Gasteiger partial charge in [-0.1, -0.05) is 29.4 Å². The highest BCUT2D eigenvalue weighted by atomic mass is 19.4. The van der Waals surface area contributed by atoms with Crippen molar-refractivity contribution >= 4 is 34.8 Å². The van der Waals surface area contributed by atoms with Gasteiger partial charge in [0.1, 0.15) is 0 Å². The second kappa shape index (κ2) is 7.51. The second-order valence-electron chi connectivity index (χ2n) is 5.66. The van der Waals surface area contributed by atoms with Crippen molar-refractivity contribution in [3.63, 3.8) is 0 Å². The number of anilines is 2. The number of oxime groups is 1. The topological polar surface area (TPSA) is 83.4 Å². The predicted molar refractivity (Wildman–Crippen MR) is 96.0 cm³/mol. The van der Waals surface area contributed by atoms with Gasteiger partial charge in [-0.15, -0.1) is 0 Å². The molecule has 0 saturated heterocycles. The lowest BCUT2D eigenvalue weighted by atomic mass is 10.2. The molecule has 0 bridgehead atoms. The number of nitrogens with zero attached hydrogens (tertiary/aromatic N) is 3. The van der Waals surface area contributed by atoms with Gasteiger partial charge in [-0.25, -0.2) is 4.79 Å². The van der Waals surface area contributed by atoms with Gasteiger partial charge in [0.2, 0.25) is 0 Å². The van der Waals surface area contributed by atoms with E-state index in [1.165, 1.54) is 13.0 Å². The highest BCUT2D eigenvalue weighted by Crippen LogP contribution is 2.30. The van der Waals surface area contributed by atoms with Gasteiger partial charge in [-0.3, -0.25) is 14.9 Å². The van der Waals surface area contributed by atoms with Gasteiger partial charge >= 0.3 is 18.2 Å². The average molecular weight is 390 g/mol. The molecule has 0 saturated carbocycles. The number of rotatable bonds is 3. The van der Waals surface area contributed by atoms with E-state index in [-0.39, 0.29) is 17.1 Å². The Bertz CT molecular complexity index is 972. The standard InChI is InChI=1S/C18H13F3N4O3/c1-11-15(16(26)25(23-11)14-8-3-2-4-9-14)24-28-17(27)22-13-7-5-6-12(10-13)18(19,20)21/h2-10H,1H3,(H,22,27)/b24-15-. The fourth-order valence-electron chi connectivity index (χ4n) is 2.35. The second-order valence-corrected chi connectivity index (χ2v) is 5.66. The number of para-hydroxylation sites is 1. The summed E-state index contributed by atoms with van der Waals surface area (Å²) in [5.74, 6) is -0.601. The molecule has 1 N–H and O–H groups in total. The third kappa shape index (κ3) is 4.17. The molecule has 7 nitrogen and oxygen atoms in total. The van der Waals surface area contributed by atoms with Crippen LogP contribution in [-0.4, -0.2) is 23.4 Å². The number of hydrazone groups is 1. The van der Waals surface area contributed by atoms with E-state index in [4.69, 9.17) is 0 Å². The monoisotopic (exact) mass is 390 g/mol. The summed E-state index contributed by atoms with van der Waals surface area (Å²) in [6.07, 6.45) is -5.70. The number of nitrogens with one attached hydrogen (secondary N) is 1. The molecule has 1 aliphatic heterocycles. The molecule has 2 aromatic rings. The highest BCUT2D eigenvalue weighted by Gasteiger charge is 2.32. The van der Waals surface area contributed by atoms with E-state index in [1.54, 1.807) is 30.3 Å². The Morgan fingerprint density at radius 3 is 2.54 bits per heavy atom. The molecule has 1 aliphatic rings. The molecule has 0 atom stereocenters. The van der Waals surface area contributed by atoms with Crippen LogP contribution in [0.5, 0.6) is 0 Å². The number of halogens is 3. The molecule has 1 heterocycles. The van der Waals surface area contributed by atoms with Crippen LogP contribution < -0.4 is 10.3 Å². The highest BCUT2D eigenvalue weighted by molar-refractivity contribution is 6.71. The fraction of sp³-hybridized carbons (Fsp3) is 0.111. The smallest absolute Gasteiger partial charge is 0.297 e. The van der Waals surface area contributed by atoms with Gasteiger partial charge in [0.25, 0.3) is 0 Å². The molecule has 3 rings (SSSR count). The van der Waals surface area contributed by atoms with Crippen LogP contribution in [0.2, 0.25) is 0 Å². The normalized spacial score (nSPS) is 15.6. The Morgan fingerprint density at radius 2 is 1.86 bits per heavy atom. The molecule has 2 amide bonds. The van der Waals surface area contributed by atoms with E-state index in [0.29, 0.717) is 5.69 Å². The van der Waals surface area contributed by atoms with Crippen LogP contribution in [0.3, 0.4) is 0 Å². The third-order valence-corrected chi connectivity index (χ3v) is 3.64. The number of benzene rings is 2. The summed E-state index contributed by atoms with van der Waals surface area (Å²) in [6, 6.07) is 12.6. The van der Waals surface area contributed by atoms with Crippen LogP contribution in [-0.2, 0) is 15.8 Å². The largest absolute Gasteiger partial charge is 0.437 e. The van der Waals surface area contributed by atoms with Crippen molar-refractivity contribution < 1.29 is 27.6 Å². The summed E-state index contributed by atoms with van der Waals surface area (Å²) in [6.45, 7) is 1.51. The maximum Gasteiger partial charge on any atom is 0.437 e. The maximum absolute atomic E-state index is 12.7. The van der Waals surface area contributed by atoms with E-state index in [0.717, 1.165) is 23.2 Å². The minimum atomic E-state index is -4.55. The van der Waals surface area contributed by atoms with Crippen LogP contribution in [0.25, 0.3) is 0 Å². The number of hydrogen-bond acceptors (Lipinski definition) is 5. The first-order valence-corrected chi connectivity index (χ1v) is 7.94. The van der Waals surface area contributed by atoms with Crippen LogP contribution in [0.4, 0.5) is 29.3 Å². The summed E-state index contributed by atoms with van der Waals surface area (Å²) in [7, 11) is 0. The van der Waals surface area contributed by atoms with Gasteiger partial charge < -0.3 is 0 Å². The zero-order valence-electron chi connectivity index (χ0n) is 14.4. The van der Waals surface area contributed by atoms with Crippen molar-refractivity contribution in [1.29, 1.82) is 0 Å². The van der Waals surface area contributed by atoms with E-state index >= 15 is 0 Å². The first kappa shape index (κ1) is 19.1. The van der Waals surface area contributed by atoms with Crippen molar-refractivity contribution in [2.24, 2.45) is 10.3 Å². The summed E-state index contributed by atoms with van der Waals surface area (Å²) in [4.78, 5) is 28.8. The number of carbonyl (C=O) groups is 2. The number of amides is 2. The Labute approximate surface area is 157 Å². The number of hydrogen-bond donors (Lipinski definition) is 1. The Kier molecular flexibility index (Phi) is 5.12. The molecule has 0 aliphatic carbocycles. The molecule has 28 heavy (non-hydrogen) atoms. The first-order valence-electron chi connectivity index (χ1n) is 7.94. The van der Waals surface area contributed by atoms with Crippen molar-refractivity contribution in [1.82, 2.24) is 0 Å². The summed E-state index contributed by atoms with van der Waals surface area (Å²) < 4.78 is 38.1.